The molecule has 0 heterocycles. The molecular weight excluding hydrogens is 198 g/mol. The maximum atomic E-state index is 12.1. The molecule has 1 fully saturated rings. The minimum absolute atomic E-state index is 0.243. The van der Waals surface area contributed by atoms with Crippen molar-refractivity contribution in [3.63, 3.8) is 0 Å². The van der Waals surface area contributed by atoms with Crippen molar-refractivity contribution in [3.05, 3.63) is 34.9 Å². The lowest BCUT2D eigenvalue weighted by molar-refractivity contribution is 0.0941. The Bertz CT molecular complexity index is 407. The summed E-state index contributed by atoms with van der Waals surface area (Å²) in [6.07, 6.45) is 2.49. The summed E-state index contributed by atoms with van der Waals surface area (Å²) in [7, 11) is 2.04. The number of hydrogen-bond donors (Lipinski definition) is 0. The quantitative estimate of drug-likeness (QED) is 0.722. The Kier molecular flexibility index (Phi) is 3.10. The first-order chi connectivity index (χ1) is 7.58. The van der Waals surface area contributed by atoms with E-state index in [1.54, 1.807) is 0 Å². The Morgan fingerprint density at radius 3 is 2.62 bits per heavy atom. The molecule has 0 atom stereocenters. The molecule has 0 unspecified atom stereocenters. The van der Waals surface area contributed by atoms with Gasteiger partial charge in [0, 0.05) is 11.6 Å². The van der Waals surface area contributed by atoms with Gasteiger partial charge in [-0.15, -0.1) is 0 Å². The van der Waals surface area contributed by atoms with E-state index in [9.17, 15) is 4.79 Å². The van der Waals surface area contributed by atoms with Gasteiger partial charge in [0.05, 0.1) is 6.54 Å². The van der Waals surface area contributed by atoms with Gasteiger partial charge in [0.25, 0.3) is 0 Å². The average Bonchev–Trinajstić information content (AvgIpc) is 2.99. The standard InChI is InChI=1S/C14H19NO/c1-10-4-7-13(11(2)8-10)14(16)9-15(3)12-5-6-12/h4,7-8,12H,5-6,9H2,1-3H3. The summed E-state index contributed by atoms with van der Waals surface area (Å²) in [6, 6.07) is 6.69. The second-order valence-electron chi connectivity index (χ2n) is 4.89. The molecule has 0 amide bonds. The highest BCUT2D eigenvalue weighted by Crippen LogP contribution is 2.25. The van der Waals surface area contributed by atoms with Gasteiger partial charge in [-0.1, -0.05) is 23.8 Å². The van der Waals surface area contributed by atoms with Crippen LogP contribution in [0, 0.1) is 13.8 Å². The van der Waals surface area contributed by atoms with Gasteiger partial charge in [0.2, 0.25) is 0 Å². The Morgan fingerprint density at radius 1 is 1.38 bits per heavy atom. The number of benzene rings is 1. The lowest BCUT2D eigenvalue weighted by Crippen LogP contribution is -2.28. The molecule has 0 radical (unpaired) electrons. The number of hydrogen-bond acceptors (Lipinski definition) is 2. The summed E-state index contributed by atoms with van der Waals surface area (Å²) in [5.74, 6) is 0.243. The zero-order chi connectivity index (χ0) is 11.7. The second-order valence-corrected chi connectivity index (χ2v) is 4.89. The summed E-state index contributed by atoms with van der Waals surface area (Å²) in [5, 5.41) is 0. The number of rotatable bonds is 4. The van der Waals surface area contributed by atoms with E-state index in [1.807, 2.05) is 26.1 Å². The predicted octanol–water partition coefficient (Wildman–Crippen LogP) is 2.58. The van der Waals surface area contributed by atoms with Crippen molar-refractivity contribution in [1.29, 1.82) is 0 Å². The summed E-state index contributed by atoms with van der Waals surface area (Å²) in [6.45, 7) is 4.61. The topological polar surface area (TPSA) is 20.3 Å². The van der Waals surface area contributed by atoms with Crippen LogP contribution in [0.3, 0.4) is 0 Å². The molecule has 0 saturated heterocycles. The van der Waals surface area contributed by atoms with E-state index < -0.39 is 0 Å². The van der Waals surface area contributed by atoms with Crippen LogP contribution >= 0.6 is 0 Å². The molecule has 0 spiro atoms. The van der Waals surface area contributed by atoms with Crippen LogP contribution in [0.5, 0.6) is 0 Å². The molecule has 0 N–H and O–H groups in total. The van der Waals surface area contributed by atoms with E-state index in [4.69, 9.17) is 0 Å². The van der Waals surface area contributed by atoms with Gasteiger partial charge in [-0.3, -0.25) is 9.69 Å². The third-order valence-corrected chi connectivity index (χ3v) is 3.25. The van der Waals surface area contributed by atoms with Gasteiger partial charge < -0.3 is 0 Å². The van der Waals surface area contributed by atoms with E-state index in [-0.39, 0.29) is 5.78 Å². The highest BCUT2D eigenvalue weighted by Gasteiger charge is 2.27. The number of carbonyl (C=O) groups is 1. The minimum Gasteiger partial charge on any atom is -0.296 e. The van der Waals surface area contributed by atoms with E-state index in [0.29, 0.717) is 12.6 Å². The molecule has 0 bridgehead atoms. The SMILES string of the molecule is Cc1ccc(C(=O)CN(C)C2CC2)c(C)c1. The van der Waals surface area contributed by atoms with Gasteiger partial charge in [-0.2, -0.15) is 0 Å². The first-order valence-corrected chi connectivity index (χ1v) is 5.88. The number of carbonyl (C=O) groups excluding carboxylic acids is 1. The lowest BCUT2D eigenvalue weighted by atomic mass is 10.0. The fourth-order valence-electron chi connectivity index (χ4n) is 2.08. The number of Topliss-reactive ketones (excluding diaryl/α,β-unsaturated/α-hetero) is 1. The van der Waals surface area contributed by atoms with Crippen LogP contribution in [0.4, 0.5) is 0 Å². The summed E-state index contributed by atoms with van der Waals surface area (Å²) in [4.78, 5) is 14.2. The fraction of sp³-hybridized carbons (Fsp3) is 0.500. The highest BCUT2D eigenvalue weighted by molar-refractivity contribution is 5.99. The van der Waals surface area contributed by atoms with Crippen molar-refractivity contribution in [2.24, 2.45) is 0 Å². The van der Waals surface area contributed by atoms with Crippen LogP contribution in [-0.4, -0.2) is 30.3 Å². The zero-order valence-corrected chi connectivity index (χ0v) is 10.3. The van der Waals surface area contributed by atoms with Crippen LogP contribution in [0.15, 0.2) is 18.2 Å². The smallest absolute Gasteiger partial charge is 0.177 e. The molecule has 1 aromatic carbocycles. The van der Waals surface area contributed by atoms with Gasteiger partial charge >= 0.3 is 0 Å². The third-order valence-electron chi connectivity index (χ3n) is 3.25. The largest absolute Gasteiger partial charge is 0.296 e. The van der Waals surface area contributed by atoms with Crippen molar-refractivity contribution in [3.8, 4) is 0 Å². The predicted molar refractivity (Wildman–Crippen MR) is 65.9 cm³/mol. The second kappa shape index (κ2) is 4.38. The molecule has 1 aromatic rings. The van der Waals surface area contributed by atoms with E-state index in [2.05, 4.69) is 17.9 Å². The molecule has 1 saturated carbocycles. The maximum Gasteiger partial charge on any atom is 0.177 e. The van der Waals surface area contributed by atoms with Crippen LogP contribution in [-0.2, 0) is 0 Å². The third kappa shape index (κ3) is 2.50. The van der Waals surface area contributed by atoms with Gasteiger partial charge in [0.15, 0.2) is 5.78 Å². The van der Waals surface area contributed by atoms with Crippen molar-refractivity contribution in [1.82, 2.24) is 4.90 Å². The van der Waals surface area contributed by atoms with Gasteiger partial charge in [-0.25, -0.2) is 0 Å². The summed E-state index contributed by atoms with van der Waals surface area (Å²) < 4.78 is 0. The van der Waals surface area contributed by atoms with Crippen LogP contribution in [0.2, 0.25) is 0 Å². The van der Waals surface area contributed by atoms with Crippen molar-refractivity contribution < 1.29 is 4.79 Å². The van der Waals surface area contributed by atoms with Crippen molar-refractivity contribution >= 4 is 5.78 Å². The first-order valence-electron chi connectivity index (χ1n) is 5.88. The zero-order valence-electron chi connectivity index (χ0n) is 10.3. The Morgan fingerprint density at radius 2 is 2.06 bits per heavy atom. The van der Waals surface area contributed by atoms with Crippen molar-refractivity contribution in [2.75, 3.05) is 13.6 Å². The number of nitrogens with zero attached hydrogens (tertiary/aromatic N) is 1. The number of aryl methyl sites for hydroxylation is 2. The van der Waals surface area contributed by atoms with Gasteiger partial charge in [-0.05, 0) is 39.3 Å². The lowest BCUT2D eigenvalue weighted by Gasteiger charge is -2.15. The molecule has 0 aromatic heterocycles. The molecule has 2 rings (SSSR count). The fourth-order valence-corrected chi connectivity index (χ4v) is 2.08. The van der Waals surface area contributed by atoms with Crippen molar-refractivity contribution in [2.45, 2.75) is 32.7 Å². The normalized spacial score (nSPS) is 15.5. The average molecular weight is 217 g/mol. The monoisotopic (exact) mass is 217 g/mol. The highest BCUT2D eigenvalue weighted by atomic mass is 16.1. The number of likely N-dealkylation sites (N-methyl/N-ethyl adjacent to an activating group) is 1. The Balaban J connectivity index is 2.07. The molecular formula is C14H19NO. The van der Waals surface area contributed by atoms with Crippen LogP contribution in [0.1, 0.15) is 34.3 Å². The van der Waals surface area contributed by atoms with Crippen LogP contribution in [0.25, 0.3) is 0 Å². The van der Waals surface area contributed by atoms with E-state index in [1.165, 1.54) is 18.4 Å². The maximum absolute atomic E-state index is 12.1. The van der Waals surface area contributed by atoms with E-state index in [0.717, 1.165) is 11.1 Å². The molecule has 2 heteroatoms. The van der Waals surface area contributed by atoms with Gasteiger partial charge in [0.1, 0.15) is 0 Å². The number of ketones is 1. The molecule has 1 aliphatic rings. The summed E-state index contributed by atoms with van der Waals surface area (Å²) in [5.41, 5.74) is 3.18. The molecule has 0 aliphatic heterocycles. The first kappa shape index (κ1) is 11.3. The minimum atomic E-state index is 0.243. The Labute approximate surface area is 97.3 Å². The molecule has 86 valence electrons. The molecule has 1 aliphatic carbocycles. The van der Waals surface area contributed by atoms with E-state index >= 15 is 0 Å². The molecule has 2 nitrogen and oxygen atoms in total. The summed E-state index contributed by atoms with van der Waals surface area (Å²) >= 11 is 0. The molecule has 16 heavy (non-hydrogen) atoms. The van der Waals surface area contributed by atoms with Crippen LogP contribution < -0.4 is 0 Å². The Hall–Kier alpha value is -1.15.